The SMILES string of the molecule is O=C(c1ccco1)N1CCN(c2nccc(Nc3ccc4c(c3)OCO4)n2)CC1. The second kappa shape index (κ2) is 7.34. The maximum absolute atomic E-state index is 12.4. The molecule has 9 heteroatoms. The minimum atomic E-state index is -0.0891. The van der Waals surface area contributed by atoms with Crippen molar-refractivity contribution in [3.63, 3.8) is 0 Å². The summed E-state index contributed by atoms with van der Waals surface area (Å²) in [5, 5.41) is 3.27. The standard InChI is InChI=1S/C20H19N5O4/c26-19(16-2-1-11-27-16)24-7-9-25(10-8-24)20-21-6-5-18(23-20)22-14-3-4-15-17(12-14)29-13-28-15/h1-6,11-12H,7-10,13H2,(H,21,22,23). The van der Waals surface area contributed by atoms with Gasteiger partial charge in [-0.05, 0) is 30.3 Å². The number of hydrogen-bond acceptors (Lipinski definition) is 8. The topological polar surface area (TPSA) is 93.0 Å². The fourth-order valence-electron chi connectivity index (χ4n) is 3.36. The fourth-order valence-corrected chi connectivity index (χ4v) is 3.36. The molecule has 148 valence electrons. The van der Waals surface area contributed by atoms with E-state index in [1.807, 2.05) is 24.3 Å². The maximum atomic E-state index is 12.4. The highest BCUT2D eigenvalue weighted by Gasteiger charge is 2.25. The van der Waals surface area contributed by atoms with Gasteiger partial charge in [0.1, 0.15) is 5.82 Å². The molecule has 0 unspecified atom stereocenters. The number of nitrogens with one attached hydrogen (secondary N) is 1. The number of ether oxygens (including phenoxy) is 2. The van der Waals surface area contributed by atoms with E-state index in [4.69, 9.17) is 13.9 Å². The Kier molecular flexibility index (Phi) is 4.39. The molecule has 2 aliphatic rings. The summed E-state index contributed by atoms with van der Waals surface area (Å²) in [6.45, 7) is 2.72. The summed E-state index contributed by atoms with van der Waals surface area (Å²) < 4.78 is 16.0. The number of amides is 1. The van der Waals surface area contributed by atoms with Crippen molar-refractivity contribution in [2.75, 3.05) is 43.2 Å². The van der Waals surface area contributed by atoms with Crippen LogP contribution in [0.1, 0.15) is 10.6 Å². The van der Waals surface area contributed by atoms with Crippen LogP contribution in [0.5, 0.6) is 11.5 Å². The van der Waals surface area contributed by atoms with Gasteiger partial charge in [-0.15, -0.1) is 0 Å². The van der Waals surface area contributed by atoms with E-state index in [0.717, 1.165) is 11.4 Å². The lowest BCUT2D eigenvalue weighted by Gasteiger charge is -2.34. The summed E-state index contributed by atoms with van der Waals surface area (Å²) in [6.07, 6.45) is 3.23. The number of hydrogen-bond donors (Lipinski definition) is 1. The van der Waals surface area contributed by atoms with E-state index in [1.165, 1.54) is 6.26 Å². The minimum Gasteiger partial charge on any atom is -0.459 e. The third kappa shape index (κ3) is 3.54. The van der Waals surface area contributed by atoms with Gasteiger partial charge < -0.3 is 29.0 Å². The second-order valence-electron chi connectivity index (χ2n) is 6.69. The molecule has 1 aromatic carbocycles. The molecule has 0 saturated carbocycles. The zero-order chi connectivity index (χ0) is 19.6. The van der Waals surface area contributed by atoms with Crippen molar-refractivity contribution < 1.29 is 18.7 Å². The number of fused-ring (bicyclic) bond motifs is 1. The van der Waals surface area contributed by atoms with Gasteiger partial charge in [0.25, 0.3) is 5.91 Å². The second-order valence-corrected chi connectivity index (χ2v) is 6.69. The molecule has 0 spiro atoms. The molecule has 4 heterocycles. The monoisotopic (exact) mass is 393 g/mol. The number of rotatable bonds is 4. The van der Waals surface area contributed by atoms with Crippen LogP contribution >= 0.6 is 0 Å². The van der Waals surface area contributed by atoms with Crippen LogP contribution in [0.2, 0.25) is 0 Å². The summed E-state index contributed by atoms with van der Waals surface area (Å²) in [7, 11) is 0. The number of nitrogens with zero attached hydrogens (tertiary/aromatic N) is 4. The quantitative estimate of drug-likeness (QED) is 0.723. The molecule has 1 fully saturated rings. The first-order valence-electron chi connectivity index (χ1n) is 9.34. The average Bonchev–Trinajstić information content (AvgIpc) is 3.45. The largest absolute Gasteiger partial charge is 0.459 e. The molecule has 3 aromatic rings. The lowest BCUT2D eigenvalue weighted by molar-refractivity contribution is 0.0714. The van der Waals surface area contributed by atoms with E-state index >= 15 is 0 Å². The van der Waals surface area contributed by atoms with Crippen molar-refractivity contribution in [3.8, 4) is 11.5 Å². The highest BCUT2D eigenvalue weighted by molar-refractivity contribution is 5.91. The third-order valence-electron chi connectivity index (χ3n) is 4.87. The first-order valence-corrected chi connectivity index (χ1v) is 9.34. The Labute approximate surface area is 166 Å². The average molecular weight is 393 g/mol. The molecular formula is C20H19N5O4. The zero-order valence-corrected chi connectivity index (χ0v) is 15.6. The Balaban J connectivity index is 1.24. The number of carbonyl (C=O) groups excluding carboxylic acids is 1. The summed E-state index contributed by atoms with van der Waals surface area (Å²) >= 11 is 0. The molecule has 0 aliphatic carbocycles. The van der Waals surface area contributed by atoms with Gasteiger partial charge in [-0.2, -0.15) is 4.98 Å². The predicted molar refractivity (Wildman–Crippen MR) is 105 cm³/mol. The van der Waals surface area contributed by atoms with Crippen molar-refractivity contribution in [2.45, 2.75) is 0 Å². The molecule has 5 rings (SSSR count). The van der Waals surface area contributed by atoms with E-state index in [9.17, 15) is 4.79 Å². The Morgan fingerprint density at radius 3 is 2.72 bits per heavy atom. The minimum absolute atomic E-state index is 0.0891. The van der Waals surface area contributed by atoms with E-state index < -0.39 is 0 Å². The van der Waals surface area contributed by atoms with Gasteiger partial charge in [0.15, 0.2) is 17.3 Å². The van der Waals surface area contributed by atoms with Crippen LogP contribution in [0.15, 0.2) is 53.3 Å². The summed E-state index contributed by atoms with van der Waals surface area (Å²) in [4.78, 5) is 25.2. The molecule has 1 saturated heterocycles. The number of carbonyl (C=O) groups is 1. The molecule has 0 atom stereocenters. The Bertz CT molecular complexity index is 1020. The molecular weight excluding hydrogens is 374 g/mol. The maximum Gasteiger partial charge on any atom is 0.289 e. The van der Waals surface area contributed by atoms with Gasteiger partial charge in [0.2, 0.25) is 12.7 Å². The number of aromatic nitrogens is 2. The fraction of sp³-hybridized carbons (Fsp3) is 0.250. The molecule has 0 bridgehead atoms. The molecule has 9 nitrogen and oxygen atoms in total. The van der Waals surface area contributed by atoms with E-state index in [2.05, 4.69) is 20.2 Å². The first kappa shape index (κ1) is 17.4. The third-order valence-corrected chi connectivity index (χ3v) is 4.87. The van der Waals surface area contributed by atoms with E-state index in [-0.39, 0.29) is 12.7 Å². The van der Waals surface area contributed by atoms with Crippen LogP contribution in [0.4, 0.5) is 17.5 Å². The van der Waals surface area contributed by atoms with Crippen molar-refractivity contribution in [1.29, 1.82) is 0 Å². The van der Waals surface area contributed by atoms with Gasteiger partial charge >= 0.3 is 0 Å². The summed E-state index contributed by atoms with van der Waals surface area (Å²) in [6, 6.07) is 10.9. The smallest absolute Gasteiger partial charge is 0.289 e. The molecule has 2 aromatic heterocycles. The highest BCUT2D eigenvalue weighted by atomic mass is 16.7. The highest BCUT2D eigenvalue weighted by Crippen LogP contribution is 2.35. The predicted octanol–water partition coefficient (Wildman–Crippen LogP) is 2.50. The molecule has 2 aliphatic heterocycles. The van der Waals surface area contributed by atoms with Gasteiger partial charge in [-0.3, -0.25) is 4.79 Å². The molecule has 29 heavy (non-hydrogen) atoms. The number of piperazine rings is 1. The number of furan rings is 1. The van der Waals surface area contributed by atoms with Crippen molar-refractivity contribution in [1.82, 2.24) is 14.9 Å². The van der Waals surface area contributed by atoms with Crippen LogP contribution in [-0.4, -0.2) is 53.7 Å². The summed E-state index contributed by atoms with van der Waals surface area (Å²) in [5.41, 5.74) is 0.854. The van der Waals surface area contributed by atoms with Crippen molar-refractivity contribution in [2.24, 2.45) is 0 Å². The molecule has 0 radical (unpaired) electrons. The number of anilines is 3. The van der Waals surface area contributed by atoms with Crippen LogP contribution in [0.3, 0.4) is 0 Å². The van der Waals surface area contributed by atoms with Crippen LogP contribution in [0, 0.1) is 0 Å². The van der Waals surface area contributed by atoms with Gasteiger partial charge in [-0.25, -0.2) is 4.98 Å². The molecule has 1 N–H and O–H groups in total. The lowest BCUT2D eigenvalue weighted by atomic mass is 10.3. The van der Waals surface area contributed by atoms with Crippen molar-refractivity contribution >= 4 is 23.4 Å². The Morgan fingerprint density at radius 1 is 1.03 bits per heavy atom. The normalized spacial score (nSPS) is 15.4. The van der Waals surface area contributed by atoms with Gasteiger partial charge in [0, 0.05) is 44.1 Å². The molecule has 1 amide bonds. The van der Waals surface area contributed by atoms with Crippen LogP contribution < -0.4 is 19.7 Å². The van der Waals surface area contributed by atoms with E-state index in [1.54, 1.807) is 23.2 Å². The van der Waals surface area contributed by atoms with Gasteiger partial charge in [-0.1, -0.05) is 0 Å². The van der Waals surface area contributed by atoms with Crippen molar-refractivity contribution in [3.05, 3.63) is 54.6 Å². The Hall–Kier alpha value is -3.75. The van der Waals surface area contributed by atoms with E-state index in [0.29, 0.717) is 49.5 Å². The number of benzene rings is 1. The van der Waals surface area contributed by atoms with Crippen LogP contribution in [-0.2, 0) is 0 Å². The van der Waals surface area contributed by atoms with Gasteiger partial charge in [0.05, 0.1) is 6.26 Å². The summed E-state index contributed by atoms with van der Waals surface area (Å²) in [5.74, 6) is 3.03. The Morgan fingerprint density at radius 2 is 1.90 bits per heavy atom. The zero-order valence-electron chi connectivity index (χ0n) is 15.6. The van der Waals surface area contributed by atoms with Crippen LogP contribution in [0.25, 0.3) is 0 Å². The first-order chi connectivity index (χ1) is 14.3. The lowest BCUT2D eigenvalue weighted by Crippen LogP contribution is -2.49.